The van der Waals surface area contributed by atoms with Crippen LogP contribution in [0.1, 0.15) is 40.1 Å². The lowest BCUT2D eigenvalue weighted by Gasteiger charge is -2.27. The van der Waals surface area contributed by atoms with Crippen LogP contribution in [-0.4, -0.2) is 42.0 Å². The SMILES string of the molecule is COC(=O)c1ccsc1NC(=O)c1cc(N2CCCCC2)ncn1. The molecule has 0 spiro atoms. The molecule has 1 amide bonds. The second-order valence-electron chi connectivity index (χ2n) is 5.42. The van der Waals surface area contributed by atoms with E-state index in [9.17, 15) is 9.59 Å². The Kier molecular flexibility index (Phi) is 5.05. The molecule has 0 atom stereocenters. The zero-order valence-electron chi connectivity index (χ0n) is 13.3. The monoisotopic (exact) mass is 346 g/mol. The second kappa shape index (κ2) is 7.39. The number of nitrogens with zero attached hydrogens (tertiary/aromatic N) is 3. The van der Waals surface area contributed by atoms with Crippen molar-refractivity contribution >= 4 is 34.0 Å². The third-order valence-corrected chi connectivity index (χ3v) is 4.69. The molecule has 1 N–H and O–H groups in total. The minimum absolute atomic E-state index is 0.273. The first kappa shape index (κ1) is 16.4. The first-order valence-corrected chi connectivity index (χ1v) is 8.61. The lowest BCUT2D eigenvalue weighted by Crippen LogP contribution is -2.30. The molecule has 7 nitrogen and oxygen atoms in total. The lowest BCUT2D eigenvalue weighted by molar-refractivity contribution is 0.0602. The summed E-state index contributed by atoms with van der Waals surface area (Å²) in [5.74, 6) is -0.0965. The zero-order chi connectivity index (χ0) is 16.9. The number of thiophene rings is 1. The maximum absolute atomic E-state index is 12.4. The van der Waals surface area contributed by atoms with Crippen molar-refractivity contribution in [3.63, 3.8) is 0 Å². The highest BCUT2D eigenvalue weighted by atomic mass is 32.1. The van der Waals surface area contributed by atoms with Gasteiger partial charge in [0.05, 0.1) is 12.7 Å². The van der Waals surface area contributed by atoms with Crippen LogP contribution in [0.25, 0.3) is 0 Å². The molecule has 2 aromatic rings. The molecule has 1 fully saturated rings. The molecule has 3 heterocycles. The Labute approximate surface area is 143 Å². The van der Waals surface area contributed by atoms with Gasteiger partial charge in [-0.1, -0.05) is 0 Å². The number of ether oxygens (including phenoxy) is 1. The van der Waals surface area contributed by atoms with E-state index in [-0.39, 0.29) is 11.6 Å². The van der Waals surface area contributed by atoms with E-state index in [4.69, 9.17) is 4.74 Å². The fourth-order valence-electron chi connectivity index (χ4n) is 2.61. The van der Waals surface area contributed by atoms with Gasteiger partial charge in [-0.3, -0.25) is 4.79 Å². The Hall–Kier alpha value is -2.48. The third-order valence-electron chi connectivity index (χ3n) is 3.86. The predicted octanol–water partition coefficient (Wildman–Crippen LogP) is 2.57. The van der Waals surface area contributed by atoms with Gasteiger partial charge in [-0.25, -0.2) is 14.8 Å². The van der Waals surface area contributed by atoms with Crippen LogP contribution in [0, 0.1) is 0 Å². The lowest BCUT2D eigenvalue weighted by atomic mass is 10.1. The number of piperidine rings is 1. The molecule has 126 valence electrons. The number of hydrogen-bond acceptors (Lipinski definition) is 7. The number of carbonyl (C=O) groups is 2. The Morgan fingerprint density at radius 1 is 1.25 bits per heavy atom. The fourth-order valence-corrected chi connectivity index (χ4v) is 3.38. The number of carbonyl (C=O) groups excluding carboxylic acids is 2. The van der Waals surface area contributed by atoms with Gasteiger partial charge < -0.3 is 15.0 Å². The maximum atomic E-state index is 12.4. The van der Waals surface area contributed by atoms with Crippen molar-refractivity contribution < 1.29 is 14.3 Å². The summed E-state index contributed by atoms with van der Waals surface area (Å²) in [4.78, 5) is 34.6. The van der Waals surface area contributed by atoms with Crippen molar-refractivity contribution in [3.05, 3.63) is 35.1 Å². The van der Waals surface area contributed by atoms with Crippen molar-refractivity contribution in [1.82, 2.24) is 9.97 Å². The Morgan fingerprint density at radius 2 is 2.04 bits per heavy atom. The van der Waals surface area contributed by atoms with Gasteiger partial charge in [-0.15, -0.1) is 11.3 Å². The van der Waals surface area contributed by atoms with Crippen molar-refractivity contribution in [2.24, 2.45) is 0 Å². The van der Waals surface area contributed by atoms with Gasteiger partial charge in [-0.05, 0) is 30.7 Å². The van der Waals surface area contributed by atoms with Crippen molar-refractivity contribution in [3.8, 4) is 0 Å². The second-order valence-corrected chi connectivity index (χ2v) is 6.33. The predicted molar refractivity (Wildman–Crippen MR) is 91.7 cm³/mol. The number of aromatic nitrogens is 2. The summed E-state index contributed by atoms with van der Waals surface area (Å²) in [6.45, 7) is 1.88. The molecule has 0 radical (unpaired) electrons. The summed E-state index contributed by atoms with van der Waals surface area (Å²) in [6.07, 6.45) is 4.88. The summed E-state index contributed by atoms with van der Waals surface area (Å²) in [6, 6.07) is 3.30. The number of rotatable bonds is 4. The molecule has 0 unspecified atom stereocenters. The van der Waals surface area contributed by atoms with E-state index in [1.165, 1.54) is 31.2 Å². The van der Waals surface area contributed by atoms with Crippen molar-refractivity contribution in [2.75, 3.05) is 30.4 Å². The van der Waals surface area contributed by atoms with Crippen LogP contribution in [-0.2, 0) is 4.74 Å². The van der Waals surface area contributed by atoms with Gasteiger partial charge in [0, 0.05) is 19.2 Å². The number of hydrogen-bond donors (Lipinski definition) is 1. The highest BCUT2D eigenvalue weighted by Gasteiger charge is 2.19. The summed E-state index contributed by atoms with van der Waals surface area (Å²) in [5, 5.41) is 4.89. The molecular formula is C16H18N4O3S. The van der Waals surface area contributed by atoms with Crippen LogP contribution in [0.2, 0.25) is 0 Å². The minimum atomic E-state index is -0.483. The molecule has 24 heavy (non-hydrogen) atoms. The van der Waals surface area contributed by atoms with E-state index in [1.54, 1.807) is 17.5 Å². The van der Waals surface area contributed by atoms with Gasteiger partial charge in [0.2, 0.25) is 0 Å². The fraction of sp³-hybridized carbons (Fsp3) is 0.375. The molecule has 1 aliphatic rings. The number of esters is 1. The van der Waals surface area contributed by atoms with Gasteiger partial charge in [0.1, 0.15) is 22.8 Å². The largest absolute Gasteiger partial charge is 0.465 e. The van der Waals surface area contributed by atoms with Gasteiger partial charge >= 0.3 is 5.97 Å². The van der Waals surface area contributed by atoms with Crippen molar-refractivity contribution in [1.29, 1.82) is 0 Å². The van der Waals surface area contributed by atoms with Crippen molar-refractivity contribution in [2.45, 2.75) is 19.3 Å². The van der Waals surface area contributed by atoms with E-state index >= 15 is 0 Å². The first-order valence-electron chi connectivity index (χ1n) is 7.73. The molecule has 0 aromatic carbocycles. The van der Waals surface area contributed by atoms with Crippen LogP contribution < -0.4 is 10.2 Å². The van der Waals surface area contributed by atoms with E-state index in [0.717, 1.165) is 31.7 Å². The van der Waals surface area contributed by atoms with E-state index in [0.29, 0.717) is 10.6 Å². The van der Waals surface area contributed by atoms with Crippen LogP contribution in [0.5, 0.6) is 0 Å². The Bertz CT molecular complexity index is 740. The zero-order valence-corrected chi connectivity index (χ0v) is 14.1. The quantitative estimate of drug-likeness (QED) is 0.857. The topological polar surface area (TPSA) is 84.4 Å². The maximum Gasteiger partial charge on any atom is 0.340 e. The van der Waals surface area contributed by atoms with Gasteiger partial charge in [0.25, 0.3) is 5.91 Å². The summed E-state index contributed by atoms with van der Waals surface area (Å²) in [7, 11) is 1.31. The molecular weight excluding hydrogens is 328 g/mol. The molecule has 8 heteroatoms. The molecule has 3 rings (SSSR count). The highest BCUT2D eigenvalue weighted by molar-refractivity contribution is 7.14. The number of anilines is 2. The Morgan fingerprint density at radius 3 is 2.79 bits per heavy atom. The standard InChI is InChI=1S/C16H18N4O3S/c1-23-16(22)11-5-8-24-15(11)19-14(21)12-9-13(18-10-17-12)20-6-3-2-4-7-20/h5,8-10H,2-4,6-7H2,1H3,(H,19,21). The smallest absolute Gasteiger partial charge is 0.340 e. The average Bonchev–Trinajstić information content (AvgIpc) is 3.10. The minimum Gasteiger partial charge on any atom is -0.465 e. The summed E-state index contributed by atoms with van der Waals surface area (Å²) < 4.78 is 4.71. The molecule has 1 saturated heterocycles. The number of methoxy groups -OCH3 is 1. The van der Waals surface area contributed by atoms with E-state index in [1.807, 2.05) is 0 Å². The summed E-state index contributed by atoms with van der Waals surface area (Å²) in [5.41, 5.74) is 0.607. The van der Waals surface area contributed by atoms with Crippen LogP contribution in [0.4, 0.5) is 10.8 Å². The summed E-state index contributed by atoms with van der Waals surface area (Å²) >= 11 is 1.26. The average molecular weight is 346 g/mol. The van der Waals surface area contributed by atoms with Crippen LogP contribution >= 0.6 is 11.3 Å². The Balaban J connectivity index is 1.76. The molecule has 0 saturated carbocycles. The third kappa shape index (κ3) is 3.53. The van der Waals surface area contributed by atoms with Crippen LogP contribution in [0.3, 0.4) is 0 Å². The molecule has 2 aromatic heterocycles. The van der Waals surface area contributed by atoms with E-state index in [2.05, 4.69) is 20.2 Å². The number of nitrogens with one attached hydrogen (secondary N) is 1. The molecule has 0 bridgehead atoms. The van der Waals surface area contributed by atoms with Gasteiger partial charge in [-0.2, -0.15) is 0 Å². The number of amides is 1. The normalized spacial score (nSPS) is 14.3. The van der Waals surface area contributed by atoms with E-state index < -0.39 is 5.97 Å². The van der Waals surface area contributed by atoms with Gasteiger partial charge in [0.15, 0.2) is 0 Å². The highest BCUT2D eigenvalue weighted by Crippen LogP contribution is 2.25. The molecule has 1 aliphatic heterocycles. The first-order chi connectivity index (χ1) is 11.7. The molecule has 0 aliphatic carbocycles. The van der Waals surface area contributed by atoms with Crippen LogP contribution in [0.15, 0.2) is 23.8 Å².